The van der Waals surface area contributed by atoms with Crippen molar-refractivity contribution in [1.29, 1.82) is 10.5 Å². The summed E-state index contributed by atoms with van der Waals surface area (Å²) in [6.07, 6.45) is 1.81. The summed E-state index contributed by atoms with van der Waals surface area (Å²) in [7, 11) is 0. The van der Waals surface area contributed by atoms with Gasteiger partial charge in [-0.1, -0.05) is 0 Å². The van der Waals surface area contributed by atoms with Crippen molar-refractivity contribution in [2.45, 2.75) is 12.8 Å². The second kappa shape index (κ2) is 5.26. The van der Waals surface area contributed by atoms with Crippen LogP contribution >= 0.6 is 11.3 Å². The molecular formula is C12H14N4OS. The van der Waals surface area contributed by atoms with Crippen LogP contribution in [0.3, 0.4) is 0 Å². The van der Waals surface area contributed by atoms with Gasteiger partial charge in [-0.25, -0.2) is 0 Å². The Morgan fingerprint density at radius 1 is 1.33 bits per heavy atom. The Morgan fingerprint density at radius 2 is 2.00 bits per heavy atom. The fraction of sp³-hybridized carbons (Fsp3) is 0.500. The molecule has 0 radical (unpaired) electrons. The lowest BCUT2D eigenvalue weighted by molar-refractivity contribution is 0.203. The van der Waals surface area contributed by atoms with Gasteiger partial charge in [-0.3, -0.25) is 0 Å². The lowest BCUT2D eigenvalue weighted by atomic mass is 9.98. The van der Waals surface area contributed by atoms with E-state index in [0.29, 0.717) is 22.0 Å². The Kier molecular flexibility index (Phi) is 3.71. The topological polar surface area (TPSA) is 97.1 Å². The molecule has 1 aromatic heterocycles. The zero-order chi connectivity index (χ0) is 13.1. The molecule has 0 bridgehead atoms. The predicted molar refractivity (Wildman–Crippen MR) is 70.2 cm³/mol. The van der Waals surface area contributed by atoms with E-state index < -0.39 is 0 Å². The Bertz CT molecular complexity index is 517. The minimum Gasteiger partial charge on any atom is -0.396 e. The van der Waals surface area contributed by atoms with E-state index in [1.54, 1.807) is 0 Å². The molecule has 5 nitrogen and oxygen atoms in total. The van der Waals surface area contributed by atoms with Gasteiger partial charge in [0.2, 0.25) is 0 Å². The zero-order valence-electron chi connectivity index (χ0n) is 9.89. The SMILES string of the molecule is N#Cc1sc(N2CCC(CO)CC2)c(C#N)c1N. The van der Waals surface area contributed by atoms with E-state index in [1.807, 2.05) is 6.07 Å². The number of nitrogens with zero attached hydrogens (tertiary/aromatic N) is 3. The second-order valence-corrected chi connectivity index (χ2v) is 5.36. The number of nitrogen functional groups attached to an aromatic ring is 1. The number of piperidine rings is 1. The molecule has 94 valence electrons. The molecule has 0 amide bonds. The molecule has 6 heteroatoms. The van der Waals surface area contributed by atoms with Crippen LogP contribution in [0.4, 0.5) is 10.7 Å². The van der Waals surface area contributed by atoms with Crippen LogP contribution in [0.25, 0.3) is 0 Å². The number of thiophene rings is 1. The van der Waals surface area contributed by atoms with Crippen molar-refractivity contribution in [3.8, 4) is 12.1 Å². The summed E-state index contributed by atoms with van der Waals surface area (Å²) in [5.74, 6) is 0.347. The summed E-state index contributed by atoms with van der Waals surface area (Å²) >= 11 is 1.28. The van der Waals surface area contributed by atoms with E-state index in [2.05, 4.69) is 11.0 Å². The number of hydrogen-bond donors (Lipinski definition) is 2. The summed E-state index contributed by atoms with van der Waals surface area (Å²) in [6, 6.07) is 4.11. The van der Waals surface area contributed by atoms with Crippen LogP contribution in [0.2, 0.25) is 0 Å². The third-order valence-electron chi connectivity index (χ3n) is 3.30. The molecule has 0 aromatic carbocycles. The van der Waals surface area contributed by atoms with Crippen molar-refractivity contribution >= 4 is 22.0 Å². The Morgan fingerprint density at radius 3 is 2.50 bits per heavy atom. The minimum absolute atomic E-state index is 0.217. The number of nitriles is 2. The molecule has 3 N–H and O–H groups in total. The van der Waals surface area contributed by atoms with Crippen LogP contribution < -0.4 is 10.6 Å². The van der Waals surface area contributed by atoms with E-state index in [-0.39, 0.29) is 6.61 Å². The summed E-state index contributed by atoms with van der Waals surface area (Å²) in [5, 5.41) is 28.0. The highest BCUT2D eigenvalue weighted by Crippen LogP contribution is 2.38. The zero-order valence-corrected chi connectivity index (χ0v) is 10.7. The molecule has 0 atom stereocenters. The molecule has 1 saturated heterocycles. The van der Waals surface area contributed by atoms with Gasteiger partial charge >= 0.3 is 0 Å². The second-order valence-electron chi connectivity index (χ2n) is 4.36. The first kappa shape index (κ1) is 12.7. The number of aliphatic hydroxyl groups excluding tert-OH is 1. The van der Waals surface area contributed by atoms with Crippen molar-refractivity contribution in [1.82, 2.24) is 0 Å². The lowest BCUT2D eigenvalue weighted by Gasteiger charge is -2.31. The fourth-order valence-electron chi connectivity index (χ4n) is 2.16. The molecule has 18 heavy (non-hydrogen) atoms. The van der Waals surface area contributed by atoms with Crippen LogP contribution in [0.1, 0.15) is 23.3 Å². The lowest BCUT2D eigenvalue weighted by Crippen LogP contribution is -2.34. The number of rotatable bonds is 2. The molecule has 0 spiro atoms. The minimum atomic E-state index is 0.217. The normalized spacial score (nSPS) is 16.3. The number of aliphatic hydroxyl groups is 1. The standard InChI is InChI=1S/C12H14N4OS/c13-5-9-11(15)10(6-14)18-12(9)16-3-1-8(7-17)2-4-16/h8,17H,1-4,7,15H2. The molecule has 0 saturated carbocycles. The van der Waals surface area contributed by atoms with E-state index in [9.17, 15) is 0 Å². The molecule has 1 aliphatic rings. The summed E-state index contributed by atoms with van der Waals surface area (Å²) in [4.78, 5) is 2.50. The summed E-state index contributed by atoms with van der Waals surface area (Å²) in [6.45, 7) is 1.81. The summed E-state index contributed by atoms with van der Waals surface area (Å²) < 4.78 is 0. The molecule has 1 aromatic rings. The number of hydrogen-bond acceptors (Lipinski definition) is 6. The summed E-state index contributed by atoms with van der Waals surface area (Å²) in [5.41, 5.74) is 6.50. The quantitative estimate of drug-likeness (QED) is 0.836. The van der Waals surface area contributed by atoms with Crippen molar-refractivity contribution in [2.75, 3.05) is 30.3 Å². The monoisotopic (exact) mass is 262 g/mol. The first-order valence-electron chi connectivity index (χ1n) is 5.79. The van der Waals surface area contributed by atoms with Crippen LogP contribution in [0.15, 0.2) is 0 Å². The third-order valence-corrected chi connectivity index (χ3v) is 4.47. The van der Waals surface area contributed by atoms with Gasteiger partial charge in [0.25, 0.3) is 0 Å². The van der Waals surface area contributed by atoms with Crippen LogP contribution in [-0.4, -0.2) is 24.8 Å². The van der Waals surface area contributed by atoms with Gasteiger partial charge in [0.05, 0.1) is 5.69 Å². The van der Waals surface area contributed by atoms with E-state index in [4.69, 9.17) is 21.4 Å². The Hall–Kier alpha value is -1.76. The van der Waals surface area contributed by atoms with Crippen LogP contribution in [0, 0.1) is 28.6 Å². The first-order valence-corrected chi connectivity index (χ1v) is 6.61. The van der Waals surface area contributed by atoms with Gasteiger partial charge < -0.3 is 15.7 Å². The average molecular weight is 262 g/mol. The molecule has 2 heterocycles. The van der Waals surface area contributed by atoms with Crippen LogP contribution in [-0.2, 0) is 0 Å². The fourth-order valence-corrected chi connectivity index (χ4v) is 3.18. The maximum atomic E-state index is 9.14. The van der Waals surface area contributed by atoms with Crippen molar-refractivity contribution in [3.63, 3.8) is 0 Å². The highest BCUT2D eigenvalue weighted by Gasteiger charge is 2.24. The third kappa shape index (κ3) is 2.13. The van der Waals surface area contributed by atoms with Gasteiger partial charge in [0.15, 0.2) is 0 Å². The Labute approximate surface area is 110 Å². The van der Waals surface area contributed by atoms with E-state index in [1.165, 1.54) is 11.3 Å². The molecular weight excluding hydrogens is 248 g/mol. The average Bonchev–Trinajstić information content (AvgIpc) is 2.75. The Balaban J connectivity index is 2.25. The highest BCUT2D eigenvalue weighted by atomic mass is 32.1. The van der Waals surface area contributed by atoms with Gasteiger partial charge in [-0.15, -0.1) is 11.3 Å². The maximum absolute atomic E-state index is 9.14. The van der Waals surface area contributed by atoms with Gasteiger partial charge in [0, 0.05) is 19.7 Å². The molecule has 0 aliphatic carbocycles. The first-order chi connectivity index (χ1) is 8.71. The predicted octanol–water partition coefficient (Wildman–Crippen LogP) is 1.28. The smallest absolute Gasteiger partial charge is 0.131 e. The van der Waals surface area contributed by atoms with Crippen molar-refractivity contribution in [3.05, 3.63) is 10.4 Å². The van der Waals surface area contributed by atoms with Crippen molar-refractivity contribution < 1.29 is 5.11 Å². The van der Waals surface area contributed by atoms with Gasteiger partial charge in [-0.2, -0.15) is 10.5 Å². The number of anilines is 2. The highest BCUT2D eigenvalue weighted by molar-refractivity contribution is 7.17. The molecule has 2 rings (SSSR count). The van der Waals surface area contributed by atoms with E-state index >= 15 is 0 Å². The largest absolute Gasteiger partial charge is 0.396 e. The number of nitrogens with two attached hydrogens (primary N) is 1. The molecule has 1 fully saturated rings. The van der Waals surface area contributed by atoms with Gasteiger partial charge in [-0.05, 0) is 18.8 Å². The van der Waals surface area contributed by atoms with Crippen LogP contribution in [0.5, 0.6) is 0 Å². The van der Waals surface area contributed by atoms with Gasteiger partial charge in [0.1, 0.15) is 27.6 Å². The van der Waals surface area contributed by atoms with E-state index in [0.717, 1.165) is 30.9 Å². The molecule has 0 unspecified atom stereocenters. The van der Waals surface area contributed by atoms with Crippen molar-refractivity contribution in [2.24, 2.45) is 5.92 Å². The maximum Gasteiger partial charge on any atom is 0.131 e. The molecule has 1 aliphatic heterocycles.